The van der Waals surface area contributed by atoms with E-state index in [1.807, 2.05) is 0 Å². The maximum Gasteiger partial charge on any atom is 0.0644 e. The normalized spacial score (nSPS) is 18.5. The average molecular weight is 269 g/mol. The van der Waals surface area contributed by atoms with Gasteiger partial charge in [0.25, 0.3) is 0 Å². The Labute approximate surface area is 120 Å². The second-order valence-corrected chi connectivity index (χ2v) is 5.88. The van der Waals surface area contributed by atoms with Crippen LogP contribution in [0.3, 0.4) is 0 Å². The van der Waals surface area contributed by atoms with Gasteiger partial charge < -0.3 is 5.73 Å². The van der Waals surface area contributed by atoms with E-state index < -0.39 is 0 Å². The van der Waals surface area contributed by atoms with Gasteiger partial charge in [0.15, 0.2) is 0 Å². The van der Waals surface area contributed by atoms with Crippen LogP contribution in [0.4, 0.5) is 0 Å². The van der Waals surface area contributed by atoms with E-state index in [0.717, 1.165) is 18.7 Å². The summed E-state index contributed by atoms with van der Waals surface area (Å²) in [6.07, 6.45) is 2.13. The number of hydrogen-bond acceptors (Lipinski definition) is 2. The van der Waals surface area contributed by atoms with Crippen molar-refractivity contribution < 1.29 is 0 Å². The molecule has 20 heavy (non-hydrogen) atoms. The summed E-state index contributed by atoms with van der Waals surface area (Å²) in [7, 11) is 0. The molecule has 3 nitrogen and oxygen atoms in total. The lowest BCUT2D eigenvalue weighted by molar-refractivity contribution is 0.465. The maximum atomic E-state index is 6.21. The van der Waals surface area contributed by atoms with Crippen LogP contribution in [0.25, 0.3) is 0 Å². The van der Waals surface area contributed by atoms with Crippen molar-refractivity contribution in [3.8, 4) is 0 Å². The van der Waals surface area contributed by atoms with Crippen molar-refractivity contribution in [1.29, 1.82) is 0 Å². The van der Waals surface area contributed by atoms with Crippen LogP contribution in [-0.4, -0.2) is 9.78 Å². The SMILES string of the molecule is CCC(N)c1c(C)nn(CC2Cc3ccccc32)c1C. The summed E-state index contributed by atoms with van der Waals surface area (Å²) >= 11 is 0. The average Bonchev–Trinajstić information content (AvgIpc) is 2.70. The van der Waals surface area contributed by atoms with E-state index in [1.54, 1.807) is 0 Å². The van der Waals surface area contributed by atoms with Crippen LogP contribution in [0.2, 0.25) is 0 Å². The summed E-state index contributed by atoms with van der Waals surface area (Å²) in [6, 6.07) is 8.83. The molecule has 0 aliphatic heterocycles. The van der Waals surface area contributed by atoms with E-state index in [-0.39, 0.29) is 6.04 Å². The minimum absolute atomic E-state index is 0.109. The summed E-state index contributed by atoms with van der Waals surface area (Å²) in [4.78, 5) is 0. The molecule has 0 saturated heterocycles. The first-order valence-electron chi connectivity index (χ1n) is 7.49. The number of rotatable bonds is 4. The van der Waals surface area contributed by atoms with E-state index in [2.05, 4.69) is 49.7 Å². The Hall–Kier alpha value is -1.61. The Kier molecular flexibility index (Phi) is 3.38. The molecule has 1 aliphatic carbocycles. The van der Waals surface area contributed by atoms with E-state index in [0.29, 0.717) is 5.92 Å². The first kappa shape index (κ1) is 13.4. The summed E-state index contributed by atoms with van der Waals surface area (Å²) in [5, 5.41) is 4.71. The predicted molar refractivity (Wildman–Crippen MR) is 81.8 cm³/mol. The minimum Gasteiger partial charge on any atom is -0.324 e. The topological polar surface area (TPSA) is 43.8 Å². The predicted octanol–water partition coefficient (Wildman–Crippen LogP) is 3.25. The maximum absolute atomic E-state index is 6.21. The third-order valence-electron chi connectivity index (χ3n) is 4.60. The number of aromatic nitrogens is 2. The van der Waals surface area contributed by atoms with Gasteiger partial charge in [-0.3, -0.25) is 4.68 Å². The van der Waals surface area contributed by atoms with Gasteiger partial charge in [0.2, 0.25) is 0 Å². The van der Waals surface area contributed by atoms with Gasteiger partial charge in [0.05, 0.1) is 5.69 Å². The van der Waals surface area contributed by atoms with E-state index in [1.165, 1.54) is 28.8 Å². The first-order valence-corrected chi connectivity index (χ1v) is 7.49. The molecule has 2 atom stereocenters. The molecule has 1 aliphatic rings. The van der Waals surface area contributed by atoms with Gasteiger partial charge in [-0.05, 0) is 37.8 Å². The van der Waals surface area contributed by atoms with Crippen molar-refractivity contribution in [3.63, 3.8) is 0 Å². The Balaban J connectivity index is 1.83. The molecule has 2 aromatic rings. The number of nitrogens with two attached hydrogens (primary N) is 1. The van der Waals surface area contributed by atoms with Crippen molar-refractivity contribution in [2.75, 3.05) is 0 Å². The molecule has 0 radical (unpaired) electrons. The lowest BCUT2D eigenvalue weighted by Gasteiger charge is -2.30. The standard InChI is InChI=1S/C17H23N3/c1-4-16(18)17-11(2)19-20(12(17)3)10-14-9-13-7-5-6-8-15(13)14/h5-8,14,16H,4,9-10,18H2,1-3H3. The molecule has 2 unspecified atom stereocenters. The fourth-order valence-electron chi connectivity index (χ4n) is 3.36. The van der Waals surface area contributed by atoms with E-state index >= 15 is 0 Å². The van der Waals surface area contributed by atoms with Crippen molar-refractivity contribution in [1.82, 2.24) is 9.78 Å². The number of fused-ring (bicyclic) bond motifs is 1. The molecule has 0 fully saturated rings. The third kappa shape index (κ3) is 2.06. The highest BCUT2D eigenvalue weighted by molar-refractivity contribution is 5.40. The highest BCUT2D eigenvalue weighted by Crippen LogP contribution is 2.36. The lowest BCUT2D eigenvalue weighted by atomic mass is 9.77. The minimum atomic E-state index is 0.109. The van der Waals surface area contributed by atoms with Crippen molar-refractivity contribution in [3.05, 3.63) is 52.3 Å². The Morgan fingerprint density at radius 3 is 2.80 bits per heavy atom. The van der Waals surface area contributed by atoms with Gasteiger partial charge in [-0.2, -0.15) is 5.10 Å². The molecule has 2 N–H and O–H groups in total. The Morgan fingerprint density at radius 2 is 2.10 bits per heavy atom. The van der Waals surface area contributed by atoms with Gasteiger partial charge in [-0.25, -0.2) is 0 Å². The molecule has 0 spiro atoms. The van der Waals surface area contributed by atoms with Gasteiger partial charge >= 0.3 is 0 Å². The molecule has 1 heterocycles. The number of benzene rings is 1. The van der Waals surface area contributed by atoms with Crippen LogP contribution in [0, 0.1) is 13.8 Å². The smallest absolute Gasteiger partial charge is 0.0644 e. The summed E-state index contributed by atoms with van der Waals surface area (Å²) in [5.74, 6) is 0.606. The summed E-state index contributed by atoms with van der Waals surface area (Å²) in [6.45, 7) is 7.32. The highest BCUT2D eigenvalue weighted by Gasteiger charge is 2.27. The van der Waals surface area contributed by atoms with Gasteiger partial charge in [0, 0.05) is 29.8 Å². The Bertz CT molecular complexity index is 627. The van der Waals surface area contributed by atoms with Crippen LogP contribution in [0.15, 0.2) is 24.3 Å². The summed E-state index contributed by atoms with van der Waals surface area (Å²) < 4.78 is 2.15. The number of hydrogen-bond donors (Lipinski definition) is 1. The van der Waals surface area contributed by atoms with Crippen LogP contribution >= 0.6 is 0 Å². The zero-order chi connectivity index (χ0) is 14.3. The lowest BCUT2D eigenvalue weighted by Crippen LogP contribution is -2.23. The molecule has 106 valence electrons. The van der Waals surface area contributed by atoms with E-state index in [9.17, 15) is 0 Å². The molecule has 0 amide bonds. The molecule has 0 saturated carbocycles. The fraction of sp³-hybridized carbons (Fsp3) is 0.471. The zero-order valence-electron chi connectivity index (χ0n) is 12.6. The molecular formula is C17H23N3. The molecule has 3 heteroatoms. The number of nitrogens with zero attached hydrogens (tertiary/aromatic N) is 2. The van der Waals surface area contributed by atoms with Crippen LogP contribution < -0.4 is 5.73 Å². The van der Waals surface area contributed by atoms with E-state index in [4.69, 9.17) is 10.8 Å². The van der Waals surface area contributed by atoms with Crippen molar-refractivity contribution in [2.45, 2.75) is 52.1 Å². The molecule has 1 aromatic carbocycles. The van der Waals surface area contributed by atoms with Gasteiger partial charge in [0.1, 0.15) is 0 Å². The fourth-order valence-corrected chi connectivity index (χ4v) is 3.36. The molecule has 3 rings (SSSR count). The number of aryl methyl sites for hydroxylation is 1. The first-order chi connectivity index (χ1) is 9.61. The molecule has 0 bridgehead atoms. The second-order valence-electron chi connectivity index (χ2n) is 5.88. The van der Waals surface area contributed by atoms with Crippen LogP contribution in [0.1, 0.15) is 53.4 Å². The van der Waals surface area contributed by atoms with Crippen LogP contribution in [-0.2, 0) is 13.0 Å². The molecule has 1 aromatic heterocycles. The highest BCUT2D eigenvalue weighted by atomic mass is 15.3. The molecular weight excluding hydrogens is 246 g/mol. The summed E-state index contributed by atoms with van der Waals surface area (Å²) in [5.41, 5.74) is 12.7. The zero-order valence-corrected chi connectivity index (χ0v) is 12.6. The quantitative estimate of drug-likeness (QED) is 0.926. The monoisotopic (exact) mass is 269 g/mol. The second kappa shape index (κ2) is 5.06. The third-order valence-corrected chi connectivity index (χ3v) is 4.60. The van der Waals surface area contributed by atoms with Crippen molar-refractivity contribution in [2.24, 2.45) is 5.73 Å². The Morgan fingerprint density at radius 1 is 1.35 bits per heavy atom. The van der Waals surface area contributed by atoms with Crippen LogP contribution in [0.5, 0.6) is 0 Å². The van der Waals surface area contributed by atoms with Crippen molar-refractivity contribution >= 4 is 0 Å². The van der Waals surface area contributed by atoms with Gasteiger partial charge in [-0.15, -0.1) is 0 Å². The van der Waals surface area contributed by atoms with Gasteiger partial charge in [-0.1, -0.05) is 31.2 Å². The largest absolute Gasteiger partial charge is 0.324 e.